The Balaban J connectivity index is 1.95. The monoisotopic (exact) mass is 315 g/mol. The second-order valence-electron chi connectivity index (χ2n) is 5.22. The molecule has 1 N–H and O–H groups in total. The molecule has 1 heterocycles. The molecule has 1 saturated heterocycles. The van der Waals surface area contributed by atoms with Crippen LogP contribution >= 0.6 is 11.6 Å². The van der Waals surface area contributed by atoms with Crippen molar-refractivity contribution in [3.05, 3.63) is 33.1 Å². The van der Waals surface area contributed by atoms with Crippen molar-refractivity contribution in [3.63, 3.8) is 0 Å². The zero-order chi connectivity index (χ0) is 15.2. The van der Waals surface area contributed by atoms with Gasteiger partial charge in [-0.2, -0.15) is 0 Å². The zero-order valence-corrected chi connectivity index (χ0v) is 12.5. The van der Waals surface area contributed by atoms with Crippen LogP contribution in [-0.4, -0.2) is 36.0 Å². The number of nitrogens with one attached hydrogen (secondary N) is 1. The number of anilines is 1. The van der Waals surface area contributed by atoms with Crippen LogP contribution in [0.3, 0.4) is 0 Å². The van der Waals surface area contributed by atoms with E-state index < -0.39 is 10.7 Å². The predicted octanol–water partition coefficient (Wildman–Crippen LogP) is 3.68. The standard InChI is InChI=1S/C14H19ClFN3O2/c15-11-9-13(14(19(20)21)10-12(11)16)17-5-8-18-6-3-1-2-4-7-18/h9-10,17H,1-8H2. The molecule has 1 aromatic carbocycles. The third-order valence-electron chi connectivity index (χ3n) is 3.68. The zero-order valence-electron chi connectivity index (χ0n) is 11.8. The third-order valence-corrected chi connectivity index (χ3v) is 3.97. The Kier molecular flexibility index (Phi) is 5.76. The molecule has 7 heteroatoms. The van der Waals surface area contributed by atoms with Crippen LogP contribution in [0.2, 0.25) is 5.02 Å². The molecule has 5 nitrogen and oxygen atoms in total. The van der Waals surface area contributed by atoms with E-state index in [0.717, 1.165) is 25.7 Å². The summed E-state index contributed by atoms with van der Waals surface area (Å²) in [6.07, 6.45) is 4.93. The molecule has 1 fully saturated rings. The summed E-state index contributed by atoms with van der Waals surface area (Å²) in [5.41, 5.74) is -0.0195. The SMILES string of the molecule is O=[N+]([O-])c1cc(F)c(Cl)cc1NCCN1CCCCCC1. The van der Waals surface area contributed by atoms with Crippen molar-refractivity contribution in [2.24, 2.45) is 0 Å². The van der Waals surface area contributed by atoms with Crippen LogP contribution < -0.4 is 5.32 Å². The molecule has 2 rings (SSSR count). The van der Waals surface area contributed by atoms with Crippen molar-refractivity contribution >= 4 is 23.0 Å². The summed E-state index contributed by atoms with van der Waals surface area (Å²) in [7, 11) is 0. The minimum absolute atomic E-state index is 0.113. The summed E-state index contributed by atoms with van der Waals surface area (Å²) < 4.78 is 13.3. The van der Waals surface area contributed by atoms with Crippen molar-refractivity contribution in [2.45, 2.75) is 25.7 Å². The van der Waals surface area contributed by atoms with Crippen molar-refractivity contribution in [3.8, 4) is 0 Å². The summed E-state index contributed by atoms with van der Waals surface area (Å²) in [4.78, 5) is 12.7. The Bertz CT molecular complexity index is 505. The van der Waals surface area contributed by atoms with Crippen LogP contribution in [-0.2, 0) is 0 Å². The molecule has 21 heavy (non-hydrogen) atoms. The van der Waals surface area contributed by atoms with E-state index in [2.05, 4.69) is 10.2 Å². The van der Waals surface area contributed by atoms with Gasteiger partial charge >= 0.3 is 0 Å². The molecule has 0 atom stereocenters. The smallest absolute Gasteiger partial charge is 0.295 e. The van der Waals surface area contributed by atoms with E-state index >= 15 is 0 Å². The Labute approximate surface area is 128 Å². The highest BCUT2D eigenvalue weighted by molar-refractivity contribution is 6.31. The first kappa shape index (κ1) is 16.0. The highest BCUT2D eigenvalue weighted by Crippen LogP contribution is 2.30. The quantitative estimate of drug-likeness (QED) is 0.665. The molecular formula is C14H19ClFN3O2. The molecule has 0 unspecified atom stereocenters. The summed E-state index contributed by atoms with van der Waals surface area (Å²) in [6, 6.07) is 2.13. The summed E-state index contributed by atoms with van der Waals surface area (Å²) in [5.74, 6) is -0.776. The van der Waals surface area contributed by atoms with Gasteiger partial charge in [0.15, 0.2) is 0 Å². The van der Waals surface area contributed by atoms with Gasteiger partial charge in [-0.15, -0.1) is 0 Å². The van der Waals surface area contributed by atoms with Gasteiger partial charge < -0.3 is 10.2 Å². The topological polar surface area (TPSA) is 58.4 Å². The van der Waals surface area contributed by atoms with Crippen LogP contribution in [0.5, 0.6) is 0 Å². The van der Waals surface area contributed by atoms with Crippen LogP contribution in [0.25, 0.3) is 0 Å². The van der Waals surface area contributed by atoms with Gasteiger partial charge in [-0.1, -0.05) is 24.4 Å². The number of halogens is 2. The Hall–Kier alpha value is -1.40. The number of likely N-dealkylation sites (tertiary alicyclic amines) is 1. The number of nitro benzene ring substituents is 1. The first-order chi connectivity index (χ1) is 10.1. The van der Waals surface area contributed by atoms with Gasteiger partial charge in [0.2, 0.25) is 0 Å². The lowest BCUT2D eigenvalue weighted by molar-refractivity contribution is -0.384. The van der Waals surface area contributed by atoms with Gasteiger partial charge in [-0.05, 0) is 32.0 Å². The number of nitro groups is 1. The molecule has 0 aromatic heterocycles. The van der Waals surface area contributed by atoms with Crippen molar-refractivity contribution < 1.29 is 9.31 Å². The van der Waals surface area contributed by atoms with Gasteiger partial charge in [-0.25, -0.2) is 4.39 Å². The fourth-order valence-corrected chi connectivity index (χ4v) is 2.70. The van der Waals surface area contributed by atoms with Gasteiger partial charge in [-0.3, -0.25) is 10.1 Å². The van der Waals surface area contributed by atoms with Crippen LogP contribution in [0.15, 0.2) is 12.1 Å². The van der Waals surface area contributed by atoms with Gasteiger partial charge in [0.25, 0.3) is 5.69 Å². The van der Waals surface area contributed by atoms with E-state index in [9.17, 15) is 14.5 Å². The molecule has 0 bridgehead atoms. The van der Waals surface area contributed by atoms with E-state index in [1.165, 1.54) is 31.7 Å². The van der Waals surface area contributed by atoms with E-state index in [0.29, 0.717) is 6.54 Å². The fourth-order valence-electron chi connectivity index (χ4n) is 2.54. The number of hydrogen-bond acceptors (Lipinski definition) is 4. The van der Waals surface area contributed by atoms with Gasteiger partial charge in [0.05, 0.1) is 16.0 Å². The summed E-state index contributed by atoms with van der Waals surface area (Å²) in [5, 5.41) is 13.8. The van der Waals surface area contributed by atoms with E-state index in [4.69, 9.17) is 11.6 Å². The van der Waals surface area contributed by atoms with Crippen molar-refractivity contribution in [1.29, 1.82) is 0 Å². The highest BCUT2D eigenvalue weighted by atomic mass is 35.5. The fraction of sp³-hybridized carbons (Fsp3) is 0.571. The highest BCUT2D eigenvalue weighted by Gasteiger charge is 2.18. The number of benzene rings is 1. The second kappa shape index (κ2) is 7.56. The Morgan fingerprint density at radius 2 is 1.95 bits per heavy atom. The molecule has 0 radical (unpaired) electrons. The Morgan fingerprint density at radius 3 is 2.57 bits per heavy atom. The minimum atomic E-state index is -0.776. The lowest BCUT2D eigenvalue weighted by Gasteiger charge is -2.20. The predicted molar refractivity (Wildman–Crippen MR) is 81.5 cm³/mol. The largest absolute Gasteiger partial charge is 0.378 e. The van der Waals surface area contributed by atoms with Crippen molar-refractivity contribution in [2.75, 3.05) is 31.5 Å². The van der Waals surface area contributed by atoms with Gasteiger partial charge in [0.1, 0.15) is 11.5 Å². The minimum Gasteiger partial charge on any atom is -0.378 e. The van der Waals surface area contributed by atoms with Crippen LogP contribution in [0.1, 0.15) is 25.7 Å². The number of rotatable bonds is 5. The Morgan fingerprint density at radius 1 is 1.29 bits per heavy atom. The average molecular weight is 316 g/mol. The molecule has 1 aromatic rings. The maximum absolute atomic E-state index is 13.3. The summed E-state index contributed by atoms with van der Waals surface area (Å²) >= 11 is 5.69. The lowest BCUT2D eigenvalue weighted by Crippen LogP contribution is -2.30. The normalized spacial score (nSPS) is 16.5. The lowest BCUT2D eigenvalue weighted by atomic mass is 10.2. The molecule has 0 saturated carbocycles. The van der Waals surface area contributed by atoms with Crippen LogP contribution in [0.4, 0.5) is 15.8 Å². The number of hydrogen-bond donors (Lipinski definition) is 1. The molecule has 0 spiro atoms. The first-order valence-corrected chi connectivity index (χ1v) is 7.55. The molecule has 116 valence electrons. The summed E-state index contributed by atoms with van der Waals surface area (Å²) in [6.45, 7) is 3.51. The molecule has 0 aliphatic carbocycles. The van der Waals surface area contributed by atoms with E-state index in [-0.39, 0.29) is 16.4 Å². The first-order valence-electron chi connectivity index (χ1n) is 7.17. The van der Waals surface area contributed by atoms with Crippen LogP contribution in [0, 0.1) is 15.9 Å². The van der Waals surface area contributed by atoms with E-state index in [1.807, 2.05) is 0 Å². The average Bonchev–Trinajstić information content (AvgIpc) is 2.71. The molecular weight excluding hydrogens is 297 g/mol. The van der Waals surface area contributed by atoms with E-state index in [1.54, 1.807) is 0 Å². The van der Waals surface area contributed by atoms with Crippen molar-refractivity contribution in [1.82, 2.24) is 4.90 Å². The third kappa shape index (κ3) is 4.54. The van der Waals surface area contributed by atoms with Gasteiger partial charge in [0, 0.05) is 13.1 Å². The molecule has 1 aliphatic heterocycles. The maximum atomic E-state index is 13.3. The number of nitrogens with zero attached hydrogens (tertiary/aromatic N) is 2. The molecule has 1 aliphatic rings. The second-order valence-corrected chi connectivity index (χ2v) is 5.63. The molecule has 0 amide bonds. The maximum Gasteiger partial charge on any atom is 0.295 e.